The predicted octanol–water partition coefficient (Wildman–Crippen LogP) is 3.37. The molecule has 0 radical (unpaired) electrons. The van der Waals surface area contributed by atoms with E-state index in [1.807, 2.05) is 59.5 Å². The molecule has 2 aliphatic heterocycles. The van der Waals surface area contributed by atoms with Crippen molar-refractivity contribution >= 4 is 23.6 Å². The first-order chi connectivity index (χ1) is 13.7. The van der Waals surface area contributed by atoms with Crippen LogP contribution in [0.25, 0.3) is 0 Å². The summed E-state index contributed by atoms with van der Waals surface area (Å²) in [6.07, 6.45) is 2.20. The Morgan fingerprint density at radius 2 is 1.93 bits per heavy atom. The van der Waals surface area contributed by atoms with E-state index in [0.29, 0.717) is 24.4 Å². The van der Waals surface area contributed by atoms with Crippen molar-refractivity contribution in [1.82, 2.24) is 10.2 Å². The van der Waals surface area contributed by atoms with Crippen LogP contribution in [0.4, 0.5) is 0 Å². The zero-order valence-corrected chi connectivity index (χ0v) is 16.5. The number of rotatable bonds is 6. The van der Waals surface area contributed by atoms with Crippen LogP contribution in [0, 0.1) is 0 Å². The largest absolute Gasteiger partial charge is 0.376 e. The molecule has 2 saturated heterocycles. The first-order valence-corrected chi connectivity index (χ1v) is 10.7. The fraction of sp³-hybridized carbons (Fsp3) is 0.364. The molecule has 0 bridgehead atoms. The van der Waals surface area contributed by atoms with Gasteiger partial charge >= 0.3 is 0 Å². The van der Waals surface area contributed by atoms with Crippen LogP contribution in [0.3, 0.4) is 0 Å². The molecule has 28 heavy (non-hydrogen) atoms. The van der Waals surface area contributed by atoms with Crippen molar-refractivity contribution in [3.8, 4) is 0 Å². The summed E-state index contributed by atoms with van der Waals surface area (Å²) in [5.74, 6) is 0.553. The van der Waals surface area contributed by atoms with E-state index >= 15 is 0 Å². The van der Waals surface area contributed by atoms with Crippen molar-refractivity contribution in [2.75, 3.05) is 18.9 Å². The fourth-order valence-corrected chi connectivity index (χ4v) is 4.78. The second-order valence-electron chi connectivity index (χ2n) is 7.14. The monoisotopic (exact) mass is 396 g/mol. The SMILES string of the molecule is O=C(NC[C@H]1CCCO1)c1ccc([C@H]2SCC(=O)N2Cc2ccccc2)cc1. The zero-order valence-electron chi connectivity index (χ0n) is 15.7. The van der Waals surface area contributed by atoms with E-state index in [1.165, 1.54) is 0 Å². The lowest BCUT2D eigenvalue weighted by Gasteiger charge is -2.24. The molecule has 5 nitrogen and oxygen atoms in total. The highest BCUT2D eigenvalue weighted by Crippen LogP contribution is 2.39. The van der Waals surface area contributed by atoms with E-state index in [1.54, 1.807) is 11.8 Å². The molecule has 2 amide bonds. The maximum atomic E-state index is 12.4. The summed E-state index contributed by atoms with van der Waals surface area (Å²) in [5.41, 5.74) is 2.79. The number of hydrogen-bond donors (Lipinski definition) is 1. The van der Waals surface area contributed by atoms with Crippen LogP contribution < -0.4 is 5.32 Å². The standard InChI is InChI=1S/C22H24N2O3S/c25-20-15-28-22(24(20)14-16-5-2-1-3-6-16)18-10-8-17(9-11-18)21(26)23-13-19-7-4-12-27-19/h1-3,5-6,8-11,19,22H,4,7,12-15H2,(H,23,26)/t19-,22-/m1/s1. The van der Waals surface area contributed by atoms with E-state index in [-0.39, 0.29) is 23.3 Å². The van der Waals surface area contributed by atoms with Crippen LogP contribution in [0.5, 0.6) is 0 Å². The van der Waals surface area contributed by atoms with Gasteiger partial charge in [-0.25, -0.2) is 0 Å². The first-order valence-electron chi connectivity index (χ1n) is 9.65. The minimum Gasteiger partial charge on any atom is -0.376 e. The fourth-order valence-electron chi connectivity index (χ4n) is 3.59. The van der Waals surface area contributed by atoms with Crippen molar-refractivity contribution in [3.05, 3.63) is 71.3 Å². The second kappa shape index (κ2) is 8.80. The Morgan fingerprint density at radius 1 is 1.14 bits per heavy atom. The van der Waals surface area contributed by atoms with Crippen molar-refractivity contribution in [1.29, 1.82) is 0 Å². The average molecular weight is 397 g/mol. The van der Waals surface area contributed by atoms with Gasteiger partial charge in [-0.15, -0.1) is 11.8 Å². The Hall–Kier alpha value is -2.31. The molecule has 2 heterocycles. The Morgan fingerprint density at radius 3 is 2.64 bits per heavy atom. The van der Waals surface area contributed by atoms with Gasteiger partial charge in [-0.05, 0) is 36.1 Å². The summed E-state index contributed by atoms with van der Waals surface area (Å²) in [4.78, 5) is 26.6. The summed E-state index contributed by atoms with van der Waals surface area (Å²) in [7, 11) is 0. The Labute approximate surface area is 169 Å². The Balaban J connectivity index is 1.40. The Bertz CT molecular complexity index is 819. The van der Waals surface area contributed by atoms with Gasteiger partial charge in [0.25, 0.3) is 5.91 Å². The van der Waals surface area contributed by atoms with Crippen LogP contribution in [0.2, 0.25) is 0 Å². The van der Waals surface area contributed by atoms with Crippen LogP contribution in [-0.4, -0.2) is 41.7 Å². The van der Waals surface area contributed by atoms with E-state index in [4.69, 9.17) is 4.74 Å². The van der Waals surface area contributed by atoms with Crippen LogP contribution in [0.1, 0.15) is 39.7 Å². The lowest BCUT2D eigenvalue weighted by Crippen LogP contribution is -2.31. The minimum absolute atomic E-state index is 0.0169. The van der Waals surface area contributed by atoms with Gasteiger partial charge in [0, 0.05) is 25.3 Å². The molecule has 6 heteroatoms. The topological polar surface area (TPSA) is 58.6 Å². The molecule has 0 aliphatic carbocycles. The quantitative estimate of drug-likeness (QED) is 0.813. The summed E-state index contributed by atoms with van der Waals surface area (Å²) >= 11 is 1.63. The summed E-state index contributed by atoms with van der Waals surface area (Å²) in [6, 6.07) is 17.6. The molecule has 2 aromatic rings. The third-order valence-electron chi connectivity index (χ3n) is 5.14. The number of hydrogen-bond acceptors (Lipinski definition) is 4. The molecule has 146 valence electrons. The van der Waals surface area contributed by atoms with Gasteiger partial charge < -0.3 is 15.0 Å². The van der Waals surface area contributed by atoms with Crippen LogP contribution >= 0.6 is 11.8 Å². The number of amides is 2. The number of carbonyl (C=O) groups is 2. The van der Waals surface area contributed by atoms with Gasteiger partial charge in [0.05, 0.1) is 11.9 Å². The van der Waals surface area contributed by atoms with E-state index in [2.05, 4.69) is 5.32 Å². The van der Waals surface area contributed by atoms with Crippen molar-refractivity contribution in [3.63, 3.8) is 0 Å². The number of thioether (sulfide) groups is 1. The molecule has 0 unspecified atom stereocenters. The molecular formula is C22H24N2O3S. The third kappa shape index (κ3) is 4.39. The van der Waals surface area contributed by atoms with Gasteiger partial charge in [-0.1, -0.05) is 42.5 Å². The summed E-state index contributed by atoms with van der Waals surface area (Å²) in [6.45, 7) is 1.94. The maximum Gasteiger partial charge on any atom is 0.251 e. The van der Waals surface area contributed by atoms with Gasteiger partial charge in [-0.2, -0.15) is 0 Å². The van der Waals surface area contributed by atoms with E-state index < -0.39 is 0 Å². The normalized spacial score (nSPS) is 21.9. The lowest BCUT2D eigenvalue weighted by molar-refractivity contribution is -0.128. The van der Waals surface area contributed by atoms with Gasteiger partial charge in [-0.3, -0.25) is 9.59 Å². The van der Waals surface area contributed by atoms with Crippen molar-refractivity contribution in [2.24, 2.45) is 0 Å². The number of nitrogens with zero attached hydrogens (tertiary/aromatic N) is 1. The smallest absolute Gasteiger partial charge is 0.251 e. The molecule has 0 spiro atoms. The number of nitrogens with one attached hydrogen (secondary N) is 1. The predicted molar refractivity (Wildman–Crippen MR) is 110 cm³/mol. The third-order valence-corrected chi connectivity index (χ3v) is 6.39. The Kier molecular flexibility index (Phi) is 5.98. The molecule has 1 N–H and O–H groups in total. The highest BCUT2D eigenvalue weighted by atomic mass is 32.2. The highest BCUT2D eigenvalue weighted by molar-refractivity contribution is 8.00. The summed E-state index contributed by atoms with van der Waals surface area (Å²) in [5, 5.41) is 2.93. The molecule has 0 aromatic heterocycles. The van der Waals surface area contributed by atoms with E-state index in [9.17, 15) is 9.59 Å². The number of ether oxygens (including phenoxy) is 1. The number of carbonyl (C=O) groups excluding carboxylic acids is 2. The molecule has 4 rings (SSSR count). The van der Waals surface area contributed by atoms with Crippen LogP contribution in [-0.2, 0) is 16.1 Å². The first kappa shape index (κ1) is 19.0. The number of benzene rings is 2. The molecular weight excluding hydrogens is 372 g/mol. The van der Waals surface area contributed by atoms with Gasteiger partial charge in [0.15, 0.2) is 0 Å². The molecule has 2 aliphatic rings. The summed E-state index contributed by atoms with van der Waals surface area (Å²) < 4.78 is 5.54. The zero-order chi connectivity index (χ0) is 19.3. The molecule has 0 saturated carbocycles. The lowest BCUT2D eigenvalue weighted by atomic mass is 10.1. The van der Waals surface area contributed by atoms with Crippen LogP contribution in [0.15, 0.2) is 54.6 Å². The molecule has 2 fully saturated rings. The minimum atomic E-state index is -0.0849. The second-order valence-corrected chi connectivity index (χ2v) is 8.21. The van der Waals surface area contributed by atoms with E-state index in [0.717, 1.165) is 30.6 Å². The van der Waals surface area contributed by atoms with Crippen molar-refractivity contribution in [2.45, 2.75) is 30.9 Å². The average Bonchev–Trinajstić information content (AvgIpc) is 3.38. The molecule has 2 aromatic carbocycles. The van der Waals surface area contributed by atoms with Gasteiger partial charge in [0.1, 0.15) is 5.37 Å². The molecule has 2 atom stereocenters. The highest BCUT2D eigenvalue weighted by Gasteiger charge is 2.32. The van der Waals surface area contributed by atoms with Crippen molar-refractivity contribution < 1.29 is 14.3 Å². The maximum absolute atomic E-state index is 12.4. The van der Waals surface area contributed by atoms with Gasteiger partial charge in [0.2, 0.25) is 5.91 Å².